The summed E-state index contributed by atoms with van der Waals surface area (Å²) in [5.74, 6) is -1.06. The van der Waals surface area contributed by atoms with Crippen molar-refractivity contribution in [3.63, 3.8) is 0 Å². The summed E-state index contributed by atoms with van der Waals surface area (Å²) in [5, 5.41) is 19.7. The molecule has 0 saturated heterocycles. The first-order valence-electron chi connectivity index (χ1n) is 7.44. The minimum atomic E-state index is -0.520. The predicted octanol–water partition coefficient (Wildman–Crippen LogP) is 4.46. The number of allylic oxidation sites excluding steroid dienone is 1. The molecule has 0 fully saturated rings. The van der Waals surface area contributed by atoms with Gasteiger partial charge < -0.3 is 14.8 Å². The van der Waals surface area contributed by atoms with Gasteiger partial charge in [0.2, 0.25) is 5.78 Å². The van der Waals surface area contributed by atoms with Crippen molar-refractivity contribution in [2.45, 2.75) is 0 Å². The summed E-state index contributed by atoms with van der Waals surface area (Å²) >= 11 is 5.93. The Morgan fingerprint density at radius 3 is 2.85 bits per heavy atom. The average Bonchev–Trinajstić information content (AvgIpc) is 3.04. The summed E-state index contributed by atoms with van der Waals surface area (Å²) in [6.07, 6.45) is 2.78. The van der Waals surface area contributed by atoms with Gasteiger partial charge in [-0.25, -0.2) is 4.39 Å². The first kappa shape index (κ1) is 17.5. The van der Waals surface area contributed by atoms with Gasteiger partial charge >= 0.3 is 0 Å². The van der Waals surface area contributed by atoms with E-state index in [1.54, 1.807) is 0 Å². The molecule has 130 valence electrons. The van der Waals surface area contributed by atoms with Crippen molar-refractivity contribution in [3.8, 4) is 17.6 Å². The van der Waals surface area contributed by atoms with E-state index < -0.39 is 11.6 Å². The van der Waals surface area contributed by atoms with E-state index >= 15 is 0 Å². The van der Waals surface area contributed by atoms with E-state index in [0.29, 0.717) is 16.5 Å². The fourth-order valence-corrected chi connectivity index (χ4v) is 2.80. The molecule has 0 amide bonds. The van der Waals surface area contributed by atoms with Crippen LogP contribution in [0.5, 0.6) is 11.5 Å². The van der Waals surface area contributed by atoms with E-state index in [2.05, 4.69) is 4.98 Å². The lowest BCUT2D eigenvalue weighted by Crippen LogP contribution is -2.01. The van der Waals surface area contributed by atoms with E-state index in [1.807, 2.05) is 6.07 Å². The second-order valence-corrected chi connectivity index (χ2v) is 5.85. The van der Waals surface area contributed by atoms with Crippen LogP contribution in [0.25, 0.3) is 17.0 Å². The number of nitrogens with one attached hydrogen (secondary N) is 1. The summed E-state index contributed by atoms with van der Waals surface area (Å²) in [6, 6.07) is 8.72. The molecule has 0 aliphatic rings. The lowest BCUT2D eigenvalue weighted by atomic mass is 10.0. The molecule has 0 spiro atoms. The van der Waals surface area contributed by atoms with Gasteiger partial charge in [-0.1, -0.05) is 11.6 Å². The highest BCUT2D eigenvalue weighted by Crippen LogP contribution is 2.35. The first-order chi connectivity index (χ1) is 12.4. The van der Waals surface area contributed by atoms with Crippen LogP contribution in [0.3, 0.4) is 0 Å². The molecule has 0 bridgehead atoms. The second kappa shape index (κ2) is 6.90. The van der Waals surface area contributed by atoms with Gasteiger partial charge in [0.25, 0.3) is 0 Å². The third-order valence-electron chi connectivity index (χ3n) is 3.84. The molecule has 1 aromatic heterocycles. The molecule has 0 aliphatic carbocycles. The molecule has 2 aromatic carbocycles. The molecule has 3 rings (SSSR count). The maximum absolute atomic E-state index is 13.3. The highest BCUT2D eigenvalue weighted by atomic mass is 35.5. The molecule has 0 saturated carbocycles. The fraction of sp³-hybridized carbons (Fsp3) is 0.0526. The number of carbonyl (C=O) groups is 1. The Labute approximate surface area is 152 Å². The number of ether oxygens (including phenoxy) is 1. The van der Waals surface area contributed by atoms with Crippen LogP contribution in [-0.4, -0.2) is 23.0 Å². The number of carbonyl (C=O) groups excluding carboxylic acids is 1. The number of rotatable bonds is 4. The Balaban J connectivity index is 2.05. The molecule has 0 radical (unpaired) electrons. The highest BCUT2D eigenvalue weighted by Gasteiger charge is 2.18. The summed E-state index contributed by atoms with van der Waals surface area (Å²) < 4.78 is 18.3. The zero-order valence-electron chi connectivity index (χ0n) is 13.5. The summed E-state index contributed by atoms with van der Waals surface area (Å²) in [4.78, 5) is 15.5. The molecule has 0 atom stereocenters. The minimum Gasteiger partial charge on any atom is -0.503 e. The Morgan fingerprint density at radius 2 is 2.15 bits per heavy atom. The van der Waals surface area contributed by atoms with Crippen LogP contribution in [0.2, 0.25) is 5.02 Å². The molecule has 3 aromatic rings. The normalized spacial score (nSPS) is 11.4. The third-order valence-corrected chi connectivity index (χ3v) is 4.12. The molecule has 0 unspecified atom stereocenters. The van der Waals surface area contributed by atoms with Crippen LogP contribution in [0.1, 0.15) is 15.9 Å². The predicted molar refractivity (Wildman–Crippen MR) is 95.8 cm³/mol. The quantitative estimate of drug-likeness (QED) is 0.403. The smallest absolute Gasteiger partial charge is 0.205 e. The standard InChI is InChI=1S/C19H12ClFN2O3/c1-26-17-6-10(5-15(20)19(17)25)4-11(8-22)18(24)14-9-23-16-7-12(21)2-3-13(14)16/h2-7,9,23,25H,1H3. The van der Waals surface area contributed by atoms with Gasteiger partial charge in [0, 0.05) is 22.7 Å². The Bertz CT molecular complexity index is 1100. The van der Waals surface area contributed by atoms with Gasteiger partial charge in [-0.15, -0.1) is 0 Å². The summed E-state index contributed by atoms with van der Waals surface area (Å²) in [5.41, 5.74) is 0.990. The number of phenols is 1. The number of halogens is 2. The Hall–Kier alpha value is -3.30. The van der Waals surface area contributed by atoms with Crippen molar-refractivity contribution in [3.05, 3.63) is 64.1 Å². The summed E-state index contributed by atoms with van der Waals surface area (Å²) in [7, 11) is 1.36. The van der Waals surface area contributed by atoms with Crippen LogP contribution in [-0.2, 0) is 0 Å². The van der Waals surface area contributed by atoms with Gasteiger partial charge in [-0.05, 0) is 42.0 Å². The van der Waals surface area contributed by atoms with E-state index in [0.717, 1.165) is 0 Å². The van der Waals surface area contributed by atoms with Gasteiger partial charge in [0.05, 0.1) is 12.1 Å². The molecule has 26 heavy (non-hydrogen) atoms. The van der Waals surface area contributed by atoms with Crippen molar-refractivity contribution >= 4 is 34.4 Å². The number of ketones is 1. The van der Waals surface area contributed by atoms with E-state index in [-0.39, 0.29) is 27.7 Å². The number of fused-ring (bicyclic) bond motifs is 1. The zero-order chi connectivity index (χ0) is 18.8. The number of hydrogen-bond acceptors (Lipinski definition) is 4. The number of benzene rings is 2. The lowest BCUT2D eigenvalue weighted by molar-refractivity contribution is 0.104. The number of hydrogen-bond donors (Lipinski definition) is 2. The maximum atomic E-state index is 13.3. The second-order valence-electron chi connectivity index (χ2n) is 5.44. The third kappa shape index (κ3) is 3.13. The minimum absolute atomic E-state index is 0.0305. The monoisotopic (exact) mass is 370 g/mol. The van der Waals surface area contributed by atoms with Crippen LogP contribution < -0.4 is 4.74 Å². The molecule has 7 heteroatoms. The molecular formula is C19H12ClFN2O3. The Kier molecular flexibility index (Phi) is 4.65. The fourth-order valence-electron chi connectivity index (χ4n) is 2.58. The number of nitrogens with zero attached hydrogens (tertiary/aromatic N) is 1. The largest absolute Gasteiger partial charge is 0.503 e. The van der Waals surface area contributed by atoms with E-state index in [1.165, 1.54) is 49.7 Å². The molecule has 5 nitrogen and oxygen atoms in total. The van der Waals surface area contributed by atoms with Gasteiger partial charge in [-0.2, -0.15) is 5.26 Å². The van der Waals surface area contributed by atoms with Gasteiger partial charge in [-0.3, -0.25) is 4.79 Å². The number of nitriles is 1. The average molecular weight is 371 g/mol. The van der Waals surface area contributed by atoms with Crippen molar-refractivity contribution in [2.75, 3.05) is 7.11 Å². The maximum Gasteiger partial charge on any atom is 0.205 e. The highest BCUT2D eigenvalue weighted by molar-refractivity contribution is 6.32. The van der Waals surface area contributed by atoms with Crippen LogP contribution in [0, 0.1) is 17.1 Å². The van der Waals surface area contributed by atoms with E-state index in [4.69, 9.17) is 16.3 Å². The van der Waals surface area contributed by atoms with Crippen molar-refractivity contribution in [1.82, 2.24) is 4.98 Å². The lowest BCUT2D eigenvalue weighted by Gasteiger charge is -2.06. The number of aromatic hydroxyl groups is 1. The van der Waals surface area contributed by atoms with Gasteiger partial charge in [0.1, 0.15) is 17.5 Å². The molecule has 0 aliphatic heterocycles. The number of H-pyrrole nitrogens is 1. The molecular weight excluding hydrogens is 359 g/mol. The van der Waals surface area contributed by atoms with Crippen LogP contribution in [0.15, 0.2) is 42.1 Å². The summed E-state index contributed by atoms with van der Waals surface area (Å²) in [6.45, 7) is 0. The van der Waals surface area contributed by atoms with Crippen molar-refractivity contribution < 1.29 is 19.0 Å². The topological polar surface area (TPSA) is 86.1 Å². The van der Waals surface area contributed by atoms with E-state index in [9.17, 15) is 19.6 Å². The molecule has 2 N–H and O–H groups in total. The number of phenolic OH excluding ortho intramolecular Hbond substituents is 1. The number of Topliss-reactive ketones (excluding diaryl/α,β-unsaturated/α-hetero) is 1. The first-order valence-corrected chi connectivity index (χ1v) is 7.82. The SMILES string of the molecule is COc1cc(C=C(C#N)C(=O)c2c[nH]c3cc(F)ccc23)cc(Cl)c1O. The van der Waals surface area contributed by atoms with Gasteiger partial charge in [0.15, 0.2) is 11.5 Å². The van der Waals surface area contributed by atoms with Crippen LogP contribution >= 0.6 is 11.6 Å². The number of aromatic nitrogens is 1. The zero-order valence-corrected chi connectivity index (χ0v) is 14.3. The number of aromatic amines is 1. The Morgan fingerprint density at radius 1 is 1.38 bits per heavy atom. The molecule has 1 heterocycles. The van der Waals surface area contributed by atoms with Crippen molar-refractivity contribution in [1.29, 1.82) is 5.26 Å². The van der Waals surface area contributed by atoms with Crippen molar-refractivity contribution in [2.24, 2.45) is 0 Å². The van der Waals surface area contributed by atoms with Crippen LogP contribution in [0.4, 0.5) is 4.39 Å². The number of methoxy groups -OCH3 is 1.